The van der Waals surface area contributed by atoms with Crippen molar-refractivity contribution >= 4 is 22.5 Å². The van der Waals surface area contributed by atoms with Gasteiger partial charge in [0.1, 0.15) is 5.44 Å². The normalized spacial score (nSPS) is 14.8. The van der Waals surface area contributed by atoms with Crippen LogP contribution in [0, 0.1) is 5.92 Å². The highest BCUT2D eigenvalue weighted by Crippen LogP contribution is 2.24. The van der Waals surface area contributed by atoms with Crippen molar-refractivity contribution in [2.45, 2.75) is 45.2 Å². The molecule has 0 saturated carbocycles. The van der Waals surface area contributed by atoms with Crippen LogP contribution >= 0.6 is 22.5 Å². The SMILES string of the molecule is COC(C)(C)CCOC(SS)C(C)C. The maximum Gasteiger partial charge on any atom is 0.115 e. The van der Waals surface area contributed by atoms with E-state index in [0.717, 1.165) is 13.0 Å². The molecule has 0 rings (SSSR count). The first kappa shape index (κ1) is 14.6. The number of hydrogen-bond acceptors (Lipinski definition) is 4. The summed E-state index contributed by atoms with van der Waals surface area (Å²) in [5, 5.41) is 0. The maximum absolute atomic E-state index is 5.70. The fraction of sp³-hybridized carbons (Fsp3) is 1.00. The maximum atomic E-state index is 5.70. The van der Waals surface area contributed by atoms with Crippen molar-refractivity contribution in [2.24, 2.45) is 5.92 Å². The third-order valence-electron chi connectivity index (χ3n) is 2.19. The number of thiol groups is 1. The standard InChI is InChI=1S/C10H22O2S2/c1-8(2)9(14-13)12-7-6-10(3,4)11-5/h8-9,13H,6-7H2,1-5H3. The lowest BCUT2D eigenvalue weighted by Gasteiger charge is -2.25. The fourth-order valence-electron chi connectivity index (χ4n) is 0.868. The van der Waals surface area contributed by atoms with Gasteiger partial charge in [-0.2, -0.15) is 0 Å². The third-order valence-corrected chi connectivity index (χ3v) is 3.70. The number of ether oxygens (including phenoxy) is 2. The van der Waals surface area contributed by atoms with Crippen molar-refractivity contribution in [1.82, 2.24) is 0 Å². The van der Waals surface area contributed by atoms with Crippen molar-refractivity contribution in [3.05, 3.63) is 0 Å². The van der Waals surface area contributed by atoms with Crippen LogP contribution in [0.5, 0.6) is 0 Å². The summed E-state index contributed by atoms with van der Waals surface area (Å²) < 4.78 is 11.0. The topological polar surface area (TPSA) is 18.5 Å². The second-order valence-corrected chi connectivity index (χ2v) is 5.61. The molecule has 0 aliphatic rings. The third kappa shape index (κ3) is 6.17. The minimum atomic E-state index is -0.0944. The lowest BCUT2D eigenvalue weighted by molar-refractivity contribution is -0.0179. The van der Waals surface area contributed by atoms with E-state index in [1.54, 1.807) is 7.11 Å². The molecule has 0 aliphatic carbocycles. The Balaban J connectivity index is 3.71. The molecule has 0 aromatic rings. The van der Waals surface area contributed by atoms with Crippen LogP contribution < -0.4 is 0 Å². The second-order valence-electron chi connectivity index (χ2n) is 4.30. The Morgan fingerprint density at radius 1 is 1.36 bits per heavy atom. The lowest BCUT2D eigenvalue weighted by atomic mass is 10.1. The molecule has 0 spiro atoms. The number of rotatable bonds is 7. The summed E-state index contributed by atoms with van der Waals surface area (Å²) >= 11 is 4.18. The average molecular weight is 238 g/mol. The molecule has 1 unspecified atom stereocenters. The smallest absolute Gasteiger partial charge is 0.115 e. The van der Waals surface area contributed by atoms with Gasteiger partial charge >= 0.3 is 0 Å². The van der Waals surface area contributed by atoms with Gasteiger partial charge in [-0.15, -0.1) is 11.7 Å². The minimum absolute atomic E-state index is 0.0944. The van der Waals surface area contributed by atoms with Crippen LogP contribution in [-0.4, -0.2) is 24.8 Å². The molecule has 0 heterocycles. The molecule has 0 aromatic carbocycles. The van der Waals surface area contributed by atoms with Gasteiger partial charge in [0.15, 0.2) is 0 Å². The molecule has 0 aromatic heterocycles. The van der Waals surface area contributed by atoms with Gasteiger partial charge in [-0.1, -0.05) is 24.6 Å². The summed E-state index contributed by atoms with van der Waals surface area (Å²) in [6.45, 7) is 9.12. The predicted octanol–water partition coefficient (Wildman–Crippen LogP) is 3.38. The van der Waals surface area contributed by atoms with E-state index in [9.17, 15) is 0 Å². The van der Waals surface area contributed by atoms with E-state index < -0.39 is 0 Å². The van der Waals surface area contributed by atoms with Crippen LogP contribution in [0.25, 0.3) is 0 Å². The lowest BCUT2D eigenvalue weighted by Crippen LogP contribution is -2.26. The van der Waals surface area contributed by atoms with E-state index in [1.165, 1.54) is 10.8 Å². The molecular formula is C10H22O2S2. The summed E-state index contributed by atoms with van der Waals surface area (Å²) in [7, 11) is 3.20. The Labute approximate surface area is 96.9 Å². The van der Waals surface area contributed by atoms with Crippen molar-refractivity contribution in [3.63, 3.8) is 0 Å². The predicted molar refractivity (Wildman–Crippen MR) is 66.9 cm³/mol. The van der Waals surface area contributed by atoms with Gasteiger partial charge < -0.3 is 9.47 Å². The molecular weight excluding hydrogens is 216 g/mol. The van der Waals surface area contributed by atoms with Crippen LogP contribution in [0.1, 0.15) is 34.1 Å². The van der Waals surface area contributed by atoms with E-state index >= 15 is 0 Å². The van der Waals surface area contributed by atoms with Crippen LogP contribution in [0.2, 0.25) is 0 Å². The molecule has 1 atom stereocenters. The first-order valence-electron chi connectivity index (χ1n) is 4.90. The van der Waals surface area contributed by atoms with Crippen molar-refractivity contribution < 1.29 is 9.47 Å². The summed E-state index contributed by atoms with van der Waals surface area (Å²) in [5.41, 5.74) is 0.0778. The minimum Gasteiger partial charge on any atom is -0.379 e. The molecule has 0 amide bonds. The van der Waals surface area contributed by atoms with Gasteiger partial charge in [-0.25, -0.2) is 0 Å². The Morgan fingerprint density at radius 3 is 2.29 bits per heavy atom. The van der Waals surface area contributed by atoms with Crippen molar-refractivity contribution in [3.8, 4) is 0 Å². The molecule has 0 fully saturated rings. The highest BCUT2D eigenvalue weighted by Gasteiger charge is 2.18. The zero-order valence-corrected chi connectivity index (χ0v) is 11.5. The van der Waals surface area contributed by atoms with Gasteiger partial charge in [-0.05, 0) is 26.2 Å². The molecule has 4 heteroatoms. The number of methoxy groups -OCH3 is 1. The molecule has 86 valence electrons. The van der Waals surface area contributed by atoms with Crippen LogP contribution in [0.15, 0.2) is 0 Å². The van der Waals surface area contributed by atoms with Gasteiger partial charge in [0.25, 0.3) is 0 Å². The first-order chi connectivity index (χ1) is 6.43. The first-order valence-corrected chi connectivity index (χ1v) is 6.83. The van der Waals surface area contributed by atoms with E-state index in [1.807, 2.05) is 0 Å². The van der Waals surface area contributed by atoms with Crippen molar-refractivity contribution in [1.29, 1.82) is 0 Å². The largest absolute Gasteiger partial charge is 0.379 e. The van der Waals surface area contributed by atoms with Crippen LogP contribution in [0.4, 0.5) is 0 Å². The van der Waals surface area contributed by atoms with Crippen molar-refractivity contribution in [2.75, 3.05) is 13.7 Å². The van der Waals surface area contributed by atoms with Gasteiger partial charge in [-0.3, -0.25) is 0 Å². The van der Waals surface area contributed by atoms with Crippen LogP contribution in [0.3, 0.4) is 0 Å². The monoisotopic (exact) mass is 238 g/mol. The van der Waals surface area contributed by atoms with E-state index in [0.29, 0.717) is 5.92 Å². The molecule has 0 bridgehead atoms. The highest BCUT2D eigenvalue weighted by molar-refractivity contribution is 8.68. The molecule has 0 N–H and O–H groups in total. The van der Waals surface area contributed by atoms with E-state index in [-0.39, 0.29) is 11.0 Å². The molecule has 0 aliphatic heterocycles. The Kier molecular flexibility index (Phi) is 7.30. The quantitative estimate of drug-likeness (QED) is 0.417. The number of hydrogen-bond donors (Lipinski definition) is 1. The summed E-state index contributed by atoms with van der Waals surface area (Å²) in [4.78, 5) is 0. The Hall–Kier alpha value is 0.620. The highest BCUT2D eigenvalue weighted by atomic mass is 33.1. The summed E-state index contributed by atoms with van der Waals surface area (Å²) in [5.74, 6) is 0.489. The fourth-order valence-corrected chi connectivity index (χ4v) is 2.18. The van der Waals surface area contributed by atoms with Crippen LogP contribution in [-0.2, 0) is 9.47 Å². The molecule has 0 saturated heterocycles. The Bertz CT molecular complexity index is 149. The average Bonchev–Trinajstić information content (AvgIpc) is 2.12. The van der Waals surface area contributed by atoms with E-state index in [2.05, 4.69) is 39.4 Å². The zero-order valence-electron chi connectivity index (χ0n) is 9.74. The summed E-state index contributed by atoms with van der Waals surface area (Å²) in [6, 6.07) is 0. The summed E-state index contributed by atoms with van der Waals surface area (Å²) in [6.07, 6.45) is 0.904. The molecule has 14 heavy (non-hydrogen) atoms. The molecule has 0 radical (unpaired) electrons. The Morgan fingerprint density at radius 2 is 1.93 bits per heavy atom. The van der Waals surface area contributed by atoms with E-state index in [4.69, 9.17) is 9.47 Å². The zero-order chi connectivity index (χ0) is 11.2. The van der Waals surface area contributed by atoms with Gasteiger partial charge in [0.2, 0.25) is 0 Å². The molecule has 2 nitrogen and oxygen atoms in total. The van der Waals surface area contributed by atoms with Gasteiger partial charge in [0.05, 0.1) is 12.2 Å². The second kappa shape index (κ2) is 6.99. The van der Waals surface area contributed by atoms with Gasteiger partial charge in [0, 0.05) is 7.11 Å².